The number of imide groups is 1. The van der Waals surface area contributed by atoms with Gasteiger partial charge in [-0.1, -0.05) is 36.4 Å². The maximum Gasteiger partial charge on any atom is 0.417 e. The first-order valence-electron chi connectivity index (χ1n) is 6.75. The van der Waals surface area contributed by atoms with E-state index in [0.29, 0.717) is 0 Å². The van der Waals surface area contributed by atoms with Gasteiger partial charge in [0, 0.05) is 0 Å². The van der Waals surface area contributed by atoms with Gasteiger partial charge in [-0.25, -0.2) is 9.69 Å². The SMILES string of the molecule is C=C[C@@H](O)C(C)(C)C(=O)N1C(=O)OC[C@H]1c1ccccc1. The van der Waals surface area contributed by atoms with Crippen molar-refractivity contribution in [2.75, 3.05) is 6.61 Å². The van der Waals surface area contributed by atoms with Gasteiger partial charge in [0.25, 0.3) is 0 Å². The van der Waals surface area contributed by atoms with E-state index in [2.05, 4.69) is 6.58 Å². The zero-order chi connectivity index (χ0) is 15.6. The molecule has 2 rings (SSSR count). The van der Waals surface area contributed by atoms with Crippen LogP contribution in [-0.2, 0) is 9.53 Å². The monoisotopic (exact) mass is 289 g/mol. The summed E-state index contributed by atoms with van der Waals surface area (Å²) in [5, 5.41) is 9.94. The highest BCUT2D eigenvalue weighted by molar-refractivity contribution is 5.97. The zero-order valence-corrected chi connectivity index (χ0v) is 12.2. The molecule has 1 aromatic carbocycles. The van der Waals surface area contributed by atoms with Crippen LogP contribution in [0.4, 0.5) is 4.79 Å². The number of nitrogens with zero attached hydrogens (tertiary/aromatic N) is 1. The Kier molecular flexibility index (Phi) is 4.14. The highest BCUT2D eigenvalue weighted by atomic mass is 16.6. The number of hydrogen-bond acceptors (Lipinski definition) is 4. The smallest absolute Gasteiger partial charge is 0.417 e. The first-order chi connectivity index (χ1) is 9.89. The molecule has 5 nitrogen and oxygen atoms in total. The standard InChI is InChI=1S/C16H19NO4/c1-4-13(18)16(2,3)14(19)17-12(10-21-15(17)20)11-8-6-5-7-9-11/h4-9,12-13,18H,1,10H2,2-3H3/t12-,13+/m0/s1. The lowest BCUT2D eigenvalue weighted by atomic mass is 9.84. The minimum absolute atomic E-state index is 0.120. The second-order valence-corrected chi connectivity index (χ2v) is 5.58. The third-order valence-electron chi connectivity index (χ3n) is 3.79. The van der Waals surface area contributed by atoms with Crippen molar-refractivity contribution in [2.45, 2.75) is 26.0 Å². The molecule has 2 amide bonds. The van der Waals surface area contributed by atoms with Crippen molar-refractivity contribution < 1.29 is 19.4 Å². The lowest BCUT2D eigenvalue weighted by Crippen LogP contribution is -2.47. The lowest BCUT2D eigenvalue weighted by molar-refractivity contribution is -0.142. The fourth-order valence-electron chi connectivity index (χ4n) is 2.30. The molecular formula is C16H19NO4. The normalized spacial score (nSPS) is 20.0. The zero-order valence-electron chi connectivity index (χ0n) is 12.2. The van der Waals surface area contributed by atoms with Gasteiger partial charge < -0.3 is 9.84 Å². The highest BCUT2D eigenvalue weighted by Gasteiger charge is 2.46. The van der Waals surface area contributed by atoms with Crippen LogP contribution in [-0.4, -0.2) is 34.7 Å². The Morgan fingerprint density at radius 2 is 2.10 bits per heavy atom. The van der Waals surface area contributed by atoms with Crippen LogP contribution in [0.5, 0.6) is 0 Å². The van der Waals surface area contributed by atoms with E-state index < -0.39 is 29.6 Å². The fraction of sp³-hybridized carbons (Fsp3) is 0.375. The largest absolute Gasteiger partial charge is 0.446 e. The Morgan fingerprint density at radius 3 is 2.67 bits per heavy atom. The molecule has 1 saturated heterocycles. The van der Waals surface area contributed by atoms with E-state index in [-0.39, 0.29) is 6.61 Å². The topological polar surface area (TPSA) is 66.8 Å². The van der Waals surface area contributed by atoms with Gasteiger partial charge in [-0.3, -0.25) is 4.79 Å². The number of carbonyl (C=O) groups excluding carboxylic acids is 2. The van der Waals surface area contributed by atoms with E-state index in [4.69, 9.17) is 4.74 Å². The number of aliphatic hydroxyl groups excluding tert-OH is 1. The molecule has 1 N–H and O–H groups in total. The molecule has 1 aliphatic rings. The molecule has 0 saturated carbocycles. The molecule has 21 heavy (non-hydrogen) atoms. The average Bonchev–Trinajstić information content (AvgIpc) is 2.87. The van der Waals surface area contributed by atoms with Gasteiger partial charge in [0.2, 0.25) is 5.91 Å². The van der Waals surface area contributed by atoms with Crippen LogP contribution in [0.1, 0.15) is 25.5 Å². The molecule has 1 heterocycles. The Bertz CT molecular complexity index is 553. The Morgan fingerprint density at radius 1 is 1.48 bits per heavy atom. The summed E-state index contributed by atoms with van der Waals surface area (Å²) in [6.45, 7) is 6.77. The summed E-state index contributed by atoms with van der Waals surface area (Å²) in [6.07, 6.45) is -0.440. The highest BCUT2D eigenvalue weighted by Crippen LogP contribution is 2.34. The maximum absolute atomic E-state index is 12.7. The van der Waals surface area contributed by atoms with Gasteiger partial charge in [-0.2, -0.15) is 0 Å². The lowest BCUT2D eigenvalue weighted by Gasteiger charge is -2.32. The van der Waals surface area contributed by atoms with Crippen molar-refractivity contribution in [3.63, 3.8) is 0 Å². The quantitative estimate of drug-likeness (QED) is 0.864. The summed E-state index contributed by atoms with van der Waals surface area (Å²) >= 11 is 0. The van der Waals surface area contributed by atoms with Crippen LogP contribution in [0.2, 0.25) is 0 Å². The van der Waals surface area contributed by atoms with E-state index in [1.54, 1.807) is 13.8 Å². The summed E-state index contributed by atoms with van der Waals surface area (Å²) < 4.78 is 5.02. The van der Waals surface area contributed by atoms with Crippen molar-refractivity contribution in [2.24, 2.45) is 5.41 Å². The number of rotatable bonds is 4. The third kappa shape index (κ3) is 2.69. The molecule has 0 unspecified atom stereocenters. The molecule has 0 radical (unpaired) electrons. The van der Waals surface area contributed by atoms with E-state index in [9.17, 15) is 14.7 Å². The minimum atomic E-state index is -1.15. The van der Waals surface area contributed by atoms with Gasteiger partial charge >= 0.3 is 6.09 Å². The van der Waals surface area contributed by atoms with Gasteiger partial charge in [-0.15, -0.1) is 6.58 Å². The predicted octanol–water partition coefficient (Wildman–Crippen LogP) is 2.28. The summed E-state index contributed by atoms with van der Waals surface area (Å²) in [6, 6.07) is 8.74. The molecule has 1 aromatic rings. The summed E-state index contributed by atoms with van der Waals surface area (Å²) in [5.74, 6) is -0.480. The molecule has 112 valence electrons. The van der Waals surface area contributed by atoms with Crippen LogP contribution in [0.3, 0.4) is 0 Å². The molecule has 0 aromatic heterocycles. The number of benzene rings is 1. The molecule has 0 spiro atoms. The average molecular weight is 289 g/mol. The summed E-state index contributed by atoms with van der Waals surface area (Å²) in [5.41, 5.74) is -0.335. The number of carbonyl (C=O) groups is 2. The Hall–Kier alpha value is -2.14. The Balaban J connectivity index is 2.33. The minimum Gasteiger partial charge on any atom is -0.446 e. The van der Waals surface area contributed by atoms with Gasteiger partial charge in [0.15, 0.2) is 0 Å². The summed E-state index contributed by atoms with van der Waals surface area (Å²) in [4.78, 5) is 25.7. The van der Waals surface area contributed by atoms with E-state index in [1.807, 2.05) is 30.3 Å². The molecule has 0 aliphatic carbocycles. The van der Waals surface area contributed by atoms with E-state index in [0.717, 1.165) is 10.5 Å². The number of cyclic esters (lactones) is 1. The van der Waals surface area contributed by atoms with Gasteiger partial charge in [0.1, 0.15) is 12.6 Å². The molecule has 2 atom stereocenters. The first-order valence-corrected chi connectivity index (χ1v) is 6.75. The van der Waals surface area contributed by atoms with Gasteiger partial charge in [-0.05, 0) is 19.4 Å². The maximum atomic E-state index is 12.7. The van der Waals surface area contributed by atoms with Crippen LogP contribution < -0.4 is 0 Å². The number of aliphatic hydroxyl groups is 1. The van der Waals surface area contributed by atoms with Crippen LogP contribution in [0.15, 0.2) is 43.0 Å². The van der Waals surface area contributed by atoms with Crippen molar-refractivity contribution >= 4 is 12.0 Å². The Labute approximate surface area is 123 Å². The van der Waals surface area contributed by atoms with Crippen molar-refractivity contribution in [3.05, 3.63) is 48.6 Å². The number of ether oxygens (including phenoxy) is 1. The summed E-state index contributed by atoms with van der Waals surface area (Å²) in [7, 11) is 0. The van der Waals surface area contributed by atoms with Crippen molar-refractivity contribution in [3.8, 4) is 0 Å². The number of amides is 2. The molecule has 1 aliphatic heterocycles. The molecular weight excluding hydrogens is 270 g/mol. The number of hydrogen-bond donors (Lipinski definition) is 1. The fourth-order valence-corrected chi connectivity index (χ4v) is 2.30. The van der Waals surface area contributed by atoms with E-state index in [1.165, 1.54) is 6.08 Å². The molecule has 1 fully saturated rings. The first kappa shape index (κ1) is 15.3. The van der Waals surface area contributed by atoms with Crippen molar-refractivity contribution in [1.29, 1.82) is 0 Å². The van der Waals surface area contributed by atoms with Crippen LogP contribution >= 0.6 is 0 Å². The van der Waals surface area contributed by atoms with E-state index >= 15 is 0 Å². The molecule has 5 heteroatoms. The van der Waals surface area contributed by atoms with Crippen LogP contribution in [0, 0.1) is 5.41 Å². The third-order valence-corrected chi connectivity index (χ3v) is 3.79. The van der Waals surface area contributed by atoms with Crippen molar-refractivity contribution in [1.82, 2.24) is 4.90 Å². The van der Waals surface area contributed by atoms with Gasteiger partial charge in [0.05, 0.1) is 11.5 Å². The van der Waals surface area contributed by atoms with Crippen LogP contribution in [0.25, 0.3) is 0 Å². The second kappa shape index (κ2) is 5.69. The second-order valence-electron chi connectivity index (χ2n) is 5.58. The molecule has 0 bridgehead atoms. The predicted molar refractivity (Wildman–Crippen MR) is 77.4 cm³/mol.